The van der Waals surface area contributed by atoms with E-state index in [9.17, 15) is 13.6 Å². The van der Waals surface area contributed by atoms with Gasteiger partial charge < -0.3 is 14.4 Å². The third kappa shape index (κ3) is 9.54. The molecule has 35 heavy (non-hydrogen) atoms. The lowest BCUT2D eigenvalue weighted by molar-refractivity contribution is -0.137. The van der Waals surface area contributed by atoms with Gasteiger partial charge in [0, 0.05) is 12.6 Å². The van der Waals surface area contributed by atoms with E-state index in [0.29, 0.717) is 13.2 Å². The summed E-state index contributed by atoms with van der Waals surface area (Å²) in [7, 11) is 0. The molecule has 0 unspecified atom stereocenters. The van der Waals surface area contributed by atoms with Crippen LogP contribution in [0.15, 0.2) is 60.7 Å². The van der Waals surface area contributed by atoms with E-state index < -0.39 is 0 Å². The van der Waals surface area contributed by atoms with Crippen molar-refractivity contribution < 1.29 is 23.0 Å². The van der Waals surface area contributed by atoms with Gasteiger partial charge in [-0.05, 0) is 87.0 Å². The molecule has 0 aliphatic carbocycles. The average molecular weight is 486 g/mol. The summed E-state index contributed by atoms with van der Waals surface area (Å²) in [6.45, 7) is 5.74. The van der Waals surface area contributed by atoms with E-state index in [1.54, 1.807) is 24.3 Å². The molecule has 1 heterocycles. The zero-order valence-electron chi connectivity index (χ0n) is 20.6. The van der Waals surface area contributed by atoms with Gasteiger partial charge in [-0.25, -0.2) is 13.6 Å². The lowest BCUT2D eigenvalue weighted by atomic mass is 9.91. The zero-order valence-corrected chi connectivity index (χ0v) is 20.6. The largest absolute Gasteiger partial charge is 0.463 e. The summed E-state index contributed by atoms with van der Waals surface area (Å²) >= 11 is 0. The van der Waals surface area contributed by atoms with Gasteiger partial charge in [-0.2, -0.15) is 0 Å². The summed E-state index contributed by atoms with van der Waals surface area (Å²) < 4.78 is 37.9. The lowest BCUT2D eigenvalue weighted by Gasteiger charge is -2.32. The minimum absolute atomic E-state index is 0.259. The number of nitrogens with zero attached hydrogens (tertiary/aromatic N) is 1. The Hall–Kier alpha value is -2.57. The molecule has 1 saturated heterocycles. The minimum atomic E-state index is -0.355. The fourth-order valence-corrected chi connectivity index (χ4v) is 4.52. The molecule has 4 nitrogen and oxygen atoms in total. The summed E-state index contributed by atoms with van der Waals surface area (Å²) in [6, 6.07) is 12.6. The van der Waals surface area contributed by atoms with Gasteiger partial charge in [-0.15, -0.1) is 0 Å². The molecule has 0 N–H and O–H groups in total. The normalized spacial score (nSPS) is 15.2. The number of carbonyl (C=O) groups excluding carboxylic acids is 1. The first-order chi connectivity index (χ1) is 17.0. The number of benzene rings is 2. The fraction of sp³-hybridized carbons (Fsp3) is 0.483. The van der Waals surface area contributed by atoms with Crippen molar-refractivity contribution in [3.05, 3.63) is 83.4 Å². The Morgan fingerprint density at radius 3 is 2.17 bits per heavy atom. The summed E-state index contributed by atoms with van der Waals surface area (Å²) in [5, 5.41) is 0. The van der Waals surface area contributed by atoms with Gasteiger partial charge in [0.2, 0.25) is 0 Å². The molecule has 6 heteroatoms. The molecule has 0 spiro atoms. The second kappa shape index (κ2) is 14.7. The van der Waals surface area contributed by atoms with E-state index in [2.05, 4.69) is 4.90 Å². The Balaban J connectivity index is 1.37. The second-order valence-corrected chi connectivity index (χ2v) is 9.08. The van der Waals surface area contributed by atoms with Crippen molar-refractivity contribution in [3.8, 4) is 0 Å². The number of halogens is 2. The highest BCUT2D eigenvalue weighted by Crippen LogP contribution is 2.27. The first-order valence-electron chi connectivity index (χ1n) is 12.7. The van der Waals surface area contributed by atoms with Crippen LogP contribution in [0.2, 0.25) is 0 Å². The number of esters is 1. The molecule has 190 valence electrons. The summed E-state index contributed by atoms with van der Waals surface area (Å²) in [5.74, 6) is -0.0804. The summed E-state index contributed by atoms with van der Waals surface area (Å²) in [6.07, 6.45) is 9.89. The van der Waals surface area contributed by atoms with Crippen molar-refractivity contribution >= 4 is 5.97 Å². The molecule has 0 aromatic heterocycles. The highest BCUT2D eigenvalue weighted by Gasteiger charge is 2.20. The first kappa shape index (κ1) is 27.0. The number of hydrogen-bond donors (Lipinski definition) is 0. The number of ether oxygens (including phenoxy) is 2. The van der Waals surface area contributed by atoms with Crippen LogP contribution >= 0.6 is 0 Å². The van der Waals surface area contributed by atoms with E-state index in [1.807, 2.05) is 13.0 Å². The van der Waals surface area contributed by atoms with E-state index in [1.165, 1.54) is 56.0 Å². The molecule has 2 aromatic rings. The molecule has 2 aromatic carbocycles. The van der Waals surface area contributed by atoms with Gasteiger partial charge in [-0.3, -0.25) is 0 Å². The average Bonchev–Trinajstić information content (AvgIpc) is 2.86. The molecular formula is C29H37F2NO3. The van der Waals surface area contributed by atoms with Gasteiger partial charge >= 0.3 is 5.97 Å². The Kier molecular flexibility index (Phi) is 11.4. The molecule has 1 fully saturated rings. The van der Waals surface area contributed by atoms with Crippen LogP contribution in [-0.4, -0.2) is 43.7 Å². The maximum absolute atomic E-state index is 13.4. The predicted octanol–water partition coefficient (Wildman–Crippen LogP) is 6.46. The molecule has 1 aliphatic heterocycles. The third-order valence-electron chi connectivity index (χ3n) is 6.52. The van der Waals surface area contributed by atoms with E-state index in [-0.39, 0.29) is 23.7 Å². The number of allylic oxidation sites excluding steroid dienone is 1. The second-order valence-electron chi connectivity index (χ2n) is 9.08. The van der Waals surface area contributed by atoms with Gasteiger partial charge in [0.1, 0.15) is 17.7 Å². The van der Waals surface area contributed by atoms with Crippen LogP contribution in [0, 0.1) is 17.6 Å². The maximum atomic E-state index is 13.4. The van der Waals surface area contributed by atoms with Gasteiger partial charge in [0.05, 0.1) is 13.2 Å². The number of piperidine rings is 1. The molecular weight excluding hydrogens is 448 g/mol. The van der Waals surface area contributed by atoms with Crippen molar-refractivity contribution in [2.75, 3.05) is 32.8 Å². The zero-order chi connectivity index (χ0) is 24.9. The fourth-order valence-electron chi connectivity index (χ4n) is 4.52. The third-order valence-corrected chi connectivity index (χ3v) is 6.52. The van der Waals surface area contributed by atoms with E-state index in [4.69, 9.17) is 9.47 Å². The monoisotopic (exact) mass is 485 g/mol. The van der Waals surface area contributed by atoms with Gasteiger partial charge in [0.25, 0.3) is 0 Å². The van der Waals surface area contributed by atoms with Crippen molar-refractivity contribution in [1.29, 1.82) is 0 Å². The number of hydrogen-bond acceptors (Lipinski definition) is 4. The topological polar surface area (TPSA) is 38.8 Å². The van der Waals surface area contributed by atoms with Crippen LogP contribution in [0.25, 0.3) is 0 Å². The SMILES string of the molecule is CCOC(=O)C=CCCCCC1CCN(CCOC(c2ccc(F)cc2)c2ccc(F)cc2)CC1. The van der Waals surface area contributed by atoms with Crippen molar-refractivity contribution in [1.82, 2.24) is 4.90 Å². The predicted molar refractivity (Wildman–Crippen MR) is 134 cm³/mol. The van der Waals surface area contributed by atoms with Crippen molar-refractivity contribution in [2.45, 2.75) is 51.6 Å². The molecule has 0 saturated carbocycles. The smallest absolute Gasteiger partial charge is 0.330 e. The minimum Gasteiger partial charge on any atom is -0.463 e. The lowest BCUT2D eigenvalue weighted by Crippen LogP contribution is -2.36. The van der Waals surface area contributed by atoms with E-state index >= 15 is 0 Å². The summed E-state index contributed by atoms with van der Waals surface area (Å²) in [4.78, 5) is 13.7. The Labute approximate surface area is 207 Å². The number of unbranched alkanes of at least 4 members (excludes halogenated alkanes) is 2. The number of likely N-dealkylation sites (tertiary alicyclic amines) is 1. The van der Waals surface area contributed by atoms with Crippen molar-refractivity contribution in [2.24, 2.45) is 5.92 Å². The summed E-state index contributed by atoms with van der Waals surface area (Å²) in [5.41, 5.74) is 1.71. The van der Waals surface area contributed by atoms with E-state index in [0.717, 1.165) is 49.5 Å². The Bertz CT molecular complexity index is 861. The van der Waals surface area contributed by atoms with Crippen LogP contribution in [0.5, 0.6) is 0 Å². The molecule has 0 bridgehead atoms. The molecule has 0 radical (unpaired) electrons. The quantitative estimate of drug-likeness (QED) is 0.185. The maximum Gasteiger partial charge on any atom is 0.330 e. The molecule has 1 aliphatic rings. The molecule has 0 atom stereocenters. The van der Waals surface area contributed by atoms with Crippen LogP contribution in [0.4, 0.5) is 8.78 Å². The highest BCUT2D eigenvalue weighted by molar-refractivity contribution is 5.81. The molecule has 3 rings (SSSR count). The van der Waals surface area contributed by atoms with Crippen LogP contribution in [0.1, 0.15) is 62.7 Å². The number of carbonyl (C=O) groups is 1. The van der Waals surface area contributed by atoms with Gasteiger partial charge in [-0.1, -0.05) is 43.2 Å². The van der Waals surface area contributed by atoms with Crippen molar-refractivity contribution in [3.63, 3.8) is 0 Å². The Morgan fingerprint density at radius 2 is 1.60 bits per heavy atom. The first-order valence-corrected chi connectivity index (χ1v) is 12.7. The number of rotatable bonds is 13. The highest BCUT2D eigenvalue weighted by atomic mass is 19.1. The van der Waals surface area contributed by atoms with Crippen LogP contribution in [-0.2, 0) is 14.3 Å². The van der Waals surface area contributed by atoms with Crippen LogP contribution in [0.3, 0.4) is 0 Å². The van der Waals surface area contributed by atoms with Gasteiger partial charge in [0.15, 0.2) is 0 Å². The Morgan fingerprint density at radius 1 is 1.00 bits per heavy atom. The molecule has 0 amide bonds. The standard InChI is InChI=1S/C29H37F2NO3/c1-2-34-28(33)8-6-4-3-5-7-23-17-19-32(20-18-23)21-22-35-29(24-9-13-26(30)14-10-24)25-11-15-27(31)16-12-25/h6,8-16,23,29H,2-5,7,17-22H2,1H3. The van der Waals surface area contributed by atoms with Crippen LogP contribution < -0.4 is 0 Å².